The molecule has 1 saturated carbocycles. The summed E-state index contributed by atoms with van der Waals surface area (Å²) < 4.78 is 0.577. The fourth-order valence-electron chi connectivity index (χ4n) is 2.24. The van der Waals surface area contributed by atoms with Gasteiger partial charge in [0.2, 0.25) is 0 Å². The Hall–Kier alpha value is -1.07. The molecule has 4 nitrogen and oxygen atoms in total. The molecule has 0 unspecified atom stereocenters. The molecule has 1 aliphatic rings. The zero-order chi connectivity index (χ0) is 13.1. The second-order valence-electron chi connectivity index (χ2n) is 4.69. The van der Waals surface area contributed by atoms with Crippen molar-refractivity contribution in [2.45, 2.75) is 37.8 Å². The van der Waals surface area contributed by atoms with Gasteiger partial charge in [-0.3, -0.25) is 4.79 Å². The van der Waals surface area contributed by atoms with E-state index in [9.17, 15) is 9.90 Å². The van der Waals surface area contributed by atoms with Crippen LogP contribution < -0.4 is 11.1 Å². The molecule has 0 saturated heterocycles. The van der Waals surface area contributed by atoms with Crippen LogP contribution in [0.3, 0.4) is 0 Å². The number of phenols is 1. The van der Waals surface area contributed by atoms with Crippen LogP contribution in [0.25, 0.3) is 0 Å². The van der Waals surface area contributed by atoms with Gasteiger partial charge in [-0.15, -0.1) is 0 Å². The predicted molar refractivity (Wildman–Crippen MR) is 73.5 cm³/mol. The minimum atomic E-state index is -0.180. The van der Waals surface area contributed by atoms with Gasteiger partial charge in [0.1, 0.15) is 5.75 Å². The maximum absolute atomic E-state index is 12.0. The Morgan fingerprint density at radius 1 is 1.39 bits per heavy atom. The maximum atomic E-state index is 12.0. The number of nitrogens with one attached hydrogen (secondary N) is 1. The average Bonchev–Trinajstić information content (AvgIpc) is 2.35. The van der Waals surface area contributed by atoms with Crippen molar-refractivity contribution in [3.05, 3.63) is 28.2 Å². The molecule has 1 aromatic carbocycles. The molecule has 0 spiro atoms. The lowest BCUT2D eigenvalue weighted by Gasteiger charge is -2.29. The van der Waals surface area contributed by atoms with Crippen molar-refractivity contribution >= 4 is 21.8 Å². The van der Waals surface area contributed by atoms with Gasteiger partial charge >= 0.3 is 0 Å². The van der Waals surface area contributed by atoms with E-state index in [0.717, 1.165) is 25.7 Å². The van der Waals surface area contributed by atoms with Gasteiger partial charge in [0.05, 0.1) is 4.47 Å². The number of aromatic hydroxyl groups is 1. The first-order valence-corrected chi connectivity index (χ1v) is 6.92. The highest BCUT2D eigenvalue weighted by atomic mass is 79.9. The van der Waals surface area contributed by atoms with Crippen LogP contribution >= 0.6 is 15.9 Å². The van der Waals surface area contributed by atoms with Crippen LogP contribution in [0.5, 0.6) is 5.75 Å². The molecule has 98 valence electrons. The first-order valence-electron chi connectivity index (χ1n) is 6.13. The van der Waals surface area contributed by atoms with Crippen molar-refractivity contribution in [1.82, 2.24) is 5.32 Å². The second-order valence-corrected chi connectivity index (χ2v) is 5.55. The topological polar surface area (TPSA) is 75.3 Å². The number of benzene rings is 1. The predicted octanol–water partition coefficient (Wildman–Crippen LogP) is 2.15. The van der Waals surface area contributed by atoms with E-state index in [1.165, 1.54) is 6.07 Å². The number of hydrogen-bond donors (Lipinski definition) is 3. The molecule has 2 rings (SSSR count). The molecule has 1 aromatic rings. The van der Waals surface area contributed by atoms with Gasteiger partial charge < -0.3 is 16.2 Å². The normalized spacial score (nSPS) is 23.7. The van der Waals surface area contributed by atoms with E-state index in [1.807, 2.05) is 0 Å². The minimum absolute atomic E-state index is 0.0340. The van der Waals surface area contributed by atoms with E-state index in [4.69, 9.17) is 5.73 Å². The molecule has 5 heteroatoms. The quantitative estimate of drug-likeness (QED) is 0.783. The zero-order valence-corrected chi connectivity index (χ0v) is 11.6. The molecule has 0 aliphatic heterocycles. The molecule has 0 radical (unpaired) electrons. The number of amides is 1. The van der Waals surface area contributed by atoms with Crippen LogP contribution in [0, 0.1) is 0 Å². The fourth-order valence-corrected chi connectivity index (χ4v) is 2.49. The van der Waals surface area contributed by atoms with Crippen molar-refractivity contribution in [2.24, 2.45) is 5.73 Å². The first kappa shape index (κ1) is 13.4. The summed E-state index contributed by atoms with van der Waals surface area (Å²) in [4.78, 5) is 12.0. The van der Waals surface area contributed by atoms with E-state index in [-0.39, 0.29) is 23.7 Å². The third kappa shape index (κ3) is 3.03. The summed E-state index contributed by atoms with van der Waals surface area (Å²) in [5.41, 5.74) is 6.44. The summed E-state index contributed by atoms with van der Waals surface area (Å²) in [5, 5.41) is 12.5. The SMILES string of the molecule is N[C@@H]1CCCC[C@H]1NC(=O)c1ccc(Br)c(O)c1. The zero-order valence-electron chi connectivity index (χ0n) is 10.0. The van der Waals surface area contributed by atoms with Gasteiger partial charge in [-0.05, 0) is 47.0 Å². The Morgan fingerprint density at radius 2 is 2.11 bits per heavy atom. The van der Waals surface area contributed by atoms with Crippen molar-refractivity contribution in [2.75, 3.05) is 0 Å². The summed E-state index contributed by atoms with van der Waals surface area (Å²) in [7, 11) is 0. The fraction of sp³-hybridized carbons (Fsp3) is 0.462. The Balaban J connectivity index is 2.04. The summed E-state index contributed by atoms with van der Waals surface area (Å²) in [5.74, 6) is -0.115. The Labute approximate surface area is 115 Å². The van der Waals surface area contributed by atoms with Crippen LogP contribution in [-0.2, 0) is 0 Å². The molecule has 1 amide bonds. The molecule has 0 bridgehead atoms. The van der Waals surface area contributed by atoms with E-state index in [1.54, 1.807) is 12.1 Å². The number of carbonyl (C=O) groups excluding carboxylic acids is 1. The van der Waals surface area contributed by atoms with E-state index >= 15 is 0 Å². The van der Waals surface area contributed by atoms with Crippen molar-refractivity contribution < 1.29 is 9.90 Å². The Morgan fingerprint density at radius 3 is 2.78 bits per heavy atom. The molecule has 18 heavy (non-hydrogen) atoms. The molecular formula is C13H17BrN2O2. The van der Waals surface area contributed by atoms with Gasteiger partial charge in [0, 0.05) is 17.6 Å². The monoisotopic (exact) mass is 312 g/mol. The summed E-state index contributed by atoms with van der Waals surface area (Å²) >= 11 is 3.18. The number of halogens is 1. The maximum Gasteiger partial charge on any atom is 0.251 e. The van der Waals surface area contributed by atoms with Crippen molar-refractivity contribution in [1.29, 1.82) is 0 Å². The molecule has 0 heterocycles. The number of hydrogen-bond acceptors (Lipinski definition) is 3. The van der Waals surface area contributed by atoms with Crippen LogP contribution in [0.2, 0.25) is 0 Å². The third-order valence-corrected chi connectivity index (χ3v) is 4.01. The van der Waals surface area contributed by atoms with Crippen LogP contribution in [0.15, 0.2) is 22.7 Å². The highest BCUT2D eigenvalue weighted by Gasteiger charge is 2.23. The van der Waals surface area contributed by atoms with E-state index < -0.39 is 0 Å². The first-order chi connectivity index (χ1) is 8.58. The molecule has 1 fully saturated rings. The molecule has 2 atom stereocenters. The largest absolute Gasteiger partial charge is 0.507 e. The molecular weight excluding hydrogens is 296 g/mol. The van der Waals surface area contributed by atoms with Crippen molar-refractivity contribution in [3.8, 4) is 5.75 Å². The number of nitrogens with two attached hydrogens (primary N) is 1. The summed E-state index contributed by atoms with van der Waals surface area (Å²) in [6, 6.07) is 4.86. The lowest BCUT2D eigenvalue weighted by atomic mass is 9.91. The lowest BCUT2D eigenvalue weighted by Crippen LogP contribution is -2.49. The van der Waals surface area contributed by atoms with Crippen LogP contribution in [0.1, 0.15) is 36.0 Å². The molecule has 0 aromatic heterocycles. The highest BCUT2D eigenvalue weighted by Crippen LogP contribution is 2.24. The molecule has 4 N–H and O–H groups in total. The van der Waals surface area contributed by atoms with Crippen LogP contribution in [0.4, 0.5) is 0 Å². The van der Waals surface area contributed by atoms with Crippen LogP contribution in [-0.4, -0.2) is 23.1 Å². The number of rotatable bonds is 2. The number of phenolic OH excluding ortho intramolecular Hbond substituents is 1. The summed E-state index contributed by atoms with van der Waals surface area (Å²) in [6.45, 7) is 0. The average molecular weight is 313 g/mol. The second kappa shape index (κ2) is 5.71. The van der Waals surface area contributed by atoms with Gasteiger partial charge in [0.25, 0.3) is 5.91 Å². The molecule has 1 aliphatic carbocycles. The number of carbonyl (C=O) groups is 1. The highest BCUT2D eigenvalue weighted by molar-refractivity contribution is 9.10. The van der Waals surface area contributed by atoms with Gasteiger partial charge in [0.15, 0.2) is 0 Å². The van der Waals surface area contributed by atoms with Gasteiger partial charge in [-0.2, -0.15) is 0 Å². The smallest absolute Gasteiger partial charge is 0.251 e. The lowest BCUT2D eigenvalue weighted by molar-refractivity contribution is 0.0921. The third-order valence-electron chi connectivity index (χ3n) is 3.34. The van der Waals surface area contributed by atoms with Crippen molar-refractivity contribution in [3.63, 3.8) is 0 Å². The van der Waals surface area contributed by atoms with E-state index in [2.05, 4.69) is 21.2 Å². The Bertz CT molecular complexity index is 451. The summed E-state index contributed by atoms with van der Waals surface area (Å²) in [6.07, 6.45) is 4.11. The van der Waals surface area contributed by atoms with Gasteiger partial charge in [-0.1, -0.05) is 12.8 Å². The van der Waals surface area contributed by atoms with Gasteiger partial charge in [-0.25, -0.2) is 0 Å². The van der Waals surface area contributed by atoms with E-state index in [0.29, 0.717) is 10.0 Å². The Kier molecular flexibility index (Phi) is 4.24. The standard InChI is InChI=1S/C13H17BrN2O2/c14-9-6-5-8(7-12(9)17)13(18)16-11-4-2-1-3-10(11)15/h5-7,10-11,17H,1-4,15H2,(H,16,18)/t10-,11-/m1/s1. The minimum Gasteiger partial charge on any atom is -0.507 e.